The standard InChI is InChI=1S/C17H33N4O7P/c1-29(2,28)14-21-9-7-19(12-16(24)25)5-3-18(11-15(22)23)4-6-20(8-10-21)13-17(26)27/h3-14H2,1-2H3,(H,22,23)(H,24,25)(H,26,27). The molecular weight excluding hydrogens is 403 g/mol. The van der Waals surface area contributed by atoms with Crippen LogP contribution in [0, 0.1) is 0 Å². The van der Waals surface area contributed by atoms with E-state index < -0.39 is 25.0 Å². The van der Waals surface area contributed by atoms with Crippen LogP contribution in [0.25, 0.3) is 0 Å². The van der Waals surface area contributed by atoms with Crippen molar-refractivity contribution < 1.29 is 34.3 Å². The summed E-state index contributed by atoms with van der Waals surface area (Å²) in [6.45, 7) is 6.23. The molecule has 1 aliphatic rings. The van der Waals surface area contributed by atoms with Crippen LogP contribution in [-0.2, 0) is 18.9 Å². The minimum Gasteiger partial charge on any atom is -0.480 e. The van der Waals surface area contributed by atoms with Crippen molar-refractivity contribution in [2.24, 2.45) is 0 Å². The molecule has 11 nitrogen and oxygen atoms in total. The number of carbonyl (C=O) groups is 3. The van der Waals surface area contributed by atoms with E-state index in [9.17, 15) is 18.9 Å². The van der Waals surface area contributed by atoms with Crippen LogP contribution in [-0.4, -0.2) is 144 Å². The van der Waals surface area contributed by atoms with Gasteiger partial charge in [0.2, 0.25) is 0 Å². The van der Waals surface area contributed by atoms with E-state index in [2.05, 4.69) is 0 Å². The lowest BCUT2D eigenvalue weighted by atomic mass is 10.3. The van der Waals surface area contributed by atoms with Crippen LogP contribution in [0.4, 0.5) is 0 Å². The lowest BCUT2D eigenvalue weighted by molar-refractivity contribution is -0.140. The maximum absolute atomic E-state index is 12.3. The van der Waals surface area contributed by atoms with Crippen molar-refractivity contribution in [2.75, 3.05) is 91.6 Å². The summed E-state index contributed by atoms with van der Waals surface area (Å²) in [6, 6.07) is 0. The molecule has 29 heavy (non-hydrogen) atoms. The molecule has 0 spiro atoms. The molecule has 0 amide bonds. The van der Waals surface area contributed by atoms with E-state index in [0.717, 1.165) is 0 Å². The molecule has 0 aliphatic carbocycles. The SMILES string of the molecule is CP(C)(=O)CN1CCN(CC(=O)O)CCN(CC(=O)O)CCN(CC(=O)O)CC1. The van der Waals surface area contributed by atoms with E-state index in [1.54, 1.807) is 28.0 Å². The van der Waals surface area contributed by atoms with Gasteiger partial charge in [-0.05, 0) is 13.3 Å². The normalized spacial score (nSPS) is 19.9. The lowest BCUT2D eigenvalue weighted by Crippen LogP contribution is -2.48. The Labute approximate surface area is 171 Å². The van der Waals surface area contributed by atoms with Crippen molar-refractivity contribution in [2.45, 2.75) is 0 Å². The Morgan fingerprint density at radius 2 is 0.862 bits per heavy atom. The Bertz CT molecular complexity index is 581. The minimum atomic E-state index is -2.35. The van der Waals surface area contributed by atoms with Crippen LogP contribution in [0.5, 0.6) is 0 Å². The van der Waals surface area contributed by atoms with Gasteiger partial charge in [-0.2, -0.15) is 0 Å². The van der Waals surface area contributed by atoms with Gasteiger partial charge < -0.3 is 19.9 Å². The molecule has 0 atom stereocenters. The summed E-state index contributed by atoms with van der Waals surface area (Å²) < 4.78 is 12.3. The molecule has 0 aromatic rings. The van der Waals surface area contributed by atoms with Gasteiger partial charge in [0.1, 0.15) is 0 Å². The number of nitrogens with zero attached hydrogens (tertiary/aromatic N) is 4. The maximum Gasteiger partial charge on any atom is 0.317 e. The maximum atomic E-state index is 12.3. The Kier molecular flexibility index (Phi) is 10.8. The predicted octanol–water partition coefficient (Wildman–Crippen LogP) is -0.958. The minimum absolute atomic E-state index is 0.157. The molecule has 0 bridgehead atoms. The van der Waals surface area contributed by atoms with E-state index in [1.807, 2.05) is 4.90 Å². The highest BCUT2D eigenvalue weighted by molar-refractivity contribution is 7.62. The van der Waals surface area contributed by atoms with Gasteiger partial charge in [0.15, 0.2) is 0 Å². The highest BCUT2D eigenvalue weighted by Gasteiger charge is 2.21. The first kappa shape index (κ1) is 25.5. The topological polar surface area (TPSA) is 142 Å². The fraction of sp³-hybridized carbons (Fsp3) is 0.824. The van der Waals surface area contributed by atoms with Gasteiger partial charge >= 0.3 is 17.9 Å². The van der Waals surface area contributed by atoms with E-state index in [4.69, 9.17) is 15.3 Å². The van der Waals surface area contributed by atoms with Crippen LogP contribution in [0.3, 0.4) is 0 Å². The van der Waals surface area contributed by atoms with Gasteiger partial charge in [0.25, 0.3) is 0 Å². The number of carboxylic acid groups (broad SMARTS) is 3. The number of aliphatic carboxylic acids is 3. The number of rotatable bonds is 8. The zero-order valence-electron chi connectivity index (χ0n) is 17.2. The van der Waals surface area contributed by atoms with Gasteiger partial charge in [0.05, 0.1) is 33.1 Å². The van der Waals surface area contributed by atoms with E-state index in [1.165, 1.54) is 0 Å². The van der Waals surface area contributed by atoms with E-state index in [0.29, 0.717) is 58.6 Å². The summed E-state index contributed by atoms with van der Waals surface area (Å²) >= 11 is 0. The fourth-order valence-electron chi connectivity index (χ4n) is 3.25. The molecule has 3 N–H and O–H groups in total. The van der Waals surface area contributed by atoms with Gasteiger partial charge in [-0.1, -0.05) is 0 Å². The highest BCUT2D eigenvalue weighted by Crippen LogP contribution is 2.36. The first-order chi connectivity index (χ1) is 13.4. The van der Waals surface area contributed by atoms with Gasteiger partial charge in [-0.3, -0.25) is 34.0 Å². The molecule has 0 aromatic heterocycles. The van der Waals surface area contributed by atoms with Crippen LogP contribution >= 0.6 is 7.14 Å². The molecule has 1 saturated heterocycles. The molecule has 12 heteroatoms. The molecule has 1 aliphatic heterocycles. The van der Waals surface area contributed by atoms with Crippen molar-refractivity contribution in [1.82, 2.24) is 19.6 Å². The molecule has 1 rings (SSSR count). The first-order valence-electron chi connectivity index (χ1n) is 9.53. The first-order valence-corrected chi connectivity index (χ1v) is 12.3. The van der Waals surface area contributed by atoms with Crippen molar-refractivity contribution in [3.8, 4) is 0 Å². The second-order valence-electron chi connectivity index (χ2n) is 7.84. The number of hydrogen-bond acceptors (Lipinski definition) is 8. The molecule has 1 fully saturated rings. The third-order valence-corrected chi connectivity index (χ3v) is 5.63. The van der Waals surface area contributed by atoms with E-state index in [-0.39, 0.29) is 19.6 Å². The quantitative estimate of drug-likeness (QED) is 0.405. The second kappa shape index (κ2) is 12.2. The molecular formula is C17H33N4O7P. The van der Waals surface area contributed by atoms with Gasteiger partial charge in [-0.15, -0.1) is 0 Å². The predicted molar refractivity (Wildman–Crippen MR) is 108 cm³/mol. The number of hydrogen-bond donors (Lipinski definition) is 3. The summed E-state index contributed by atoms with van der Waals surface area (Å²) in [5.74, 6) is -2.91. The Balaban J connectivity index is 2.95. The highest BCUT2D eigenvalue weighted by atomic mass is 31.2. The Hall–Kier alpha value is -1.52. The van der Waals surface area contributed by atoms with Crippen LogP contribution < -0.4 is 0 Å². The van der Waals surface area contributed by atoms with Gasteiger partial charge in [-0.25, -0.2) is 0 Å². The average molecular weight is 436 g/mol. The molecule has 1 heterocycles. The summed E-state index contributed by atoms with van der Waals surface area (Å²) in [6.07, 6.45) is 0.375. The van der Waals surface area contributed by atoms with Crippen molar-refractivity contribution in [1.29, 1.82) is 0 Å². The Morgan fingerprint density at radius 3 is 1.07 bits per heavy atom. The third-order valence-electron chi connectivity index (χ3n) is 4.55. The van der Waals surface area contributed by atoms with Crippen molar-refractivity contribution in [3.63, 3.8) is 0 Å². The zero-order chi connectivity index (χ0) is 22.0. The largest absolute Gasteiger partial charge is 0.480 e. The Morgan fingerprint density at radius 1 is 0.621 bits per heavy atom. The summed E-state index contributed by atoms with van der Waals surface area (Å²) in [4.78, 5) is 40.7. The summed E-state index contributed by atoms with van der Waals surface area (Å²) in [5.41, 5.74) is 0. The lowest BCUT2D eigenvalue weighted by Gasteiger charge is -2.33. The monoisotopic (exact) mass is 436 g/mol. The number of carboxylic acids is 3. The smallest absolute Gasteiger partial charge is 0.317 e. The zero-order valence-corrected chi connectivity index (χ0v) is 18.1. The van der Waals surface area contributed by atoms with Gasteiger partial charge in [0, 0.05) is 52.4 Å². The van der Waals surface area contributed by atoms with Crippen LogP contribution in [0.15, 0.2) is 0 Å². The summed E-state index contributed by atoms with van der Waals surface area (Å²) in [7, 11) is -2.35. The summed E-state index contributed by atoms with van der Waals surface area (Å²) in [5, 5.41) is 27.5. The van der Waals surface area contributed by atoms with Crippen molar-refractivity contribution in [3.05, 3.63) is 0 Å². The van der Waals surface area contributed by atoms with E-state index >= 15 is 0 Å². The second-order valence-corrected chi connectivity index (χ2v) is 11.3. The molecule has 0 unspecified atom stereocenters. The average Bonchev–Trinajstić information content (AvgIpc) is 2.54. The molecule has 168 valence electrons. The molecule has 0 radical (unpaired) electrons. The fourth-order valence-corrected chi connectivity index (χ4v) is 4.50. The van der Waals surface area contributed by atoms with Crippen LogP contribution in [0.1, 0.15) is 0 Å². The van der Waals surface area contributed by atoms with Crippen LogP contribution in [0.2, 0.25) is 0 Å². The molecule has 0 aromatic carbocycles. The molecule has 0 saturated carbocycles. The van der Waals surface area contributed by atoms with Crippen molar-refractivity contribution >= 4 is 25.0 Å². The third kappa shape index (κ3) is 12.6.